The van der Waals surface area contributed by atoms with Gasteiger partial charge in [-0.05, 0) is 33.6 Å². The van der Waals surface area contributed by atoms with E-state index in [4.69, 9.17) is 5.73 Å². The molecule has 2 rings (SSSR count). The van der Waals surface area contributed by atoms with Crippen molar-refractivity contribution in [1.82, 2.24) is 9.97 Å². The highest BCUT2D eigenvalue weighted by Crippen LogP contribution is 2.25. The molecule has 1 aromatic heterocycles. The summed E-state index contributed by atoms with van der Waals surface area (Å²) in [6.07, 6.45) is 1.63. The minimum Gasteiger partial charge on any atom is -0.369 e. The largest absolute Gasteiger partial charge is 0.369 e. The smallest absolute Gasteiger partial charge is 0.220 e. The Morgan fingerprint density at radius 2 is 1.83 bits per heavy atom. The molecule has 0 aromatic carbocycles. The zero-order valence-electron chi connectivity index (χ0n) is 11.2. The lowest BCUT2D eigenvalue weighted by Crippen LogP contribution is -2.39. The average molecular weight is 248 g/mol. The second-order valence-corrected chi connectivity index (χ2v) is 4.97. The molecule has 2 N–H and O–H groups in total. The number of hydrogen-bond acceptors (Lipinski definition) is 4. The SMILES string of the molecule is Cc1nc(C)c(C)c(N2CCC(C(N)=O)CC2)n1. The number of anilines is 1. The quantitative estimate of drug-likeness (QED) is 0.850. The zero-order chi connectivity index (χ0) is 13.3. The molecule has 1 amide bonds. The highest BCUT2D eigenvalue weighted by atomic mass is 16.1. The Hall–Kier alpha value is -1.65. The van der Waals surface area contributed by atoms with Crippen LogP contribution in [0.4, 0.5) is 5.82 Å². The lowest BCUT2D eigenvalue weighted by atomic mass is 9.96. The van der Waals surface area contributed by atoms with E-state index in [9.17, 15) is 4.79 Å². The molecule has 5 heteroatoms. The first-order chi connectivity index (χ1) is 8.49. The fourth-order valence-electron chi connectivity index (χ4n) is 2.43. The number of rotatable bonds is 2. The number of nitrogens with zero attached hydrogens (tertiary/aromatic N) is 3. The summed E-state index contributed by atoms with van der Waals surface area (Å²) < 4.78 is 0. The second-order valence-electron chi connectivity index (χ2n) is 4.97. The zero-order valence-corrected chi connectivity index (χ0v) is 11.2. The van der Waals surface area contributed by atoms with Crippen LogP contribution in [0.2, 0.25) is 0 Å². The van der Waals surface area contributed by atoms with Gasteiger partial charge in [0.25, 0.3) is 0 Å². The number of carbonyl (C=O) groups is 1. The van der Waals surface area contributed by atoms with Gasteiger partial charge >= 0.3 is 0 Å². The predicted octanol–water partition coefficient (Wildman–Crippen LogP) is 1.10. The molecule has 1 aliphatic heterocycles. The molecule has 0 aliphatic carbocycles. The molecule has 0 radical (unpaired) electrons. The van der Waals surface area contributed by atoms with Gasteiger partial charge in [0.05, 0.1) is 0 Å². The van der Waals surface area contributed by atoms with E-state index in [-0.39, 0.29) is 11.8 Å². The fourth-order valence-corrected chi connectivity index (χ4v) is 2.43. The third-order valence-electron chi connectivity index (χ3n) is 3.67. The van der Waals surface area contributed by atoms with Crippen molar-refractivity contribution >= 4 is 11.7 Å². The van der Waals surface area contributed by atoms with Gasteiger partial charge in [-0.25, -0.2) is 9.97 Å². The monoisotopic (exact) mass is 248 g/mol. The third kappa shape index (κ3) is 2.44. The van der Waals surface area contributed by atoms with Gasteiger partial charge in [-0.3, -0.25) is 4.79 Å². The molecule has 0 bridgehead atoms. The van der Waals surface area contributed by atoms with Crippen molar-refractivity contribution < 1.29 is 4.79 Å². The number of carbonyl (C=O) groups excluding carboxylic acids is 1. The Kier molecular flexibility index (Phi) is 3.50. The maximum absolute atomic E-state index is 11.2. The molecule has 1 aliphatic rings. The van der Waals surface area contributed by atoms with E-state index in [0.29, 0.717) is 0 Å². The number of amides is 1. The van der Waals surface area contributed by atoms with E-state index in [2.05, 4.69) is 14.9 Å². The predicted molar refractivity (Wildman–Crippen MR) is 70.4 cm³/mol. The van der Waals surface area contributed by atoms with Gasteiger partial charge in [-0.15, -0.1) is 0 Å². The van der Waals surface area contributed by atoms with E-state index in [1.165, 1.54) is 0 Å². The number of aromatic nitrogens is 2. The summed E-state index contributed by atoms with van der Waals surface area (Å²) in [4.78, 5) is 22.3. The van der Waals surface area contributed by atoms with E-state index < -0.39 is 0 Å². The van der Waals surface area contributed by atoms with Crippen LogP contribution in [0.15, 0.2) is 0 Å². The Morgan fingerprint density at radius 3 is 2.39 bits per heavy atom. The first-order valence-electron chi connectivity index (χ1n) is 6.35. The van der Waals surface area contributed by atoms with Gasteiger partial charge in [0, 0.05) is 30.3 Å². The van der Waals surface area contributed by atoms with Crippen LogP contribution in [-0.2, 0) is 4.79 Å². The van der Waals surface area contributed by atoms with E-state index in [0.717, 1.165) is 48.8 Å². The van der Waals surface area contributed by atoms with Crippen LogP contribution in [0.3, 0.4) is 0 Å². The number of nitrogens with two attached hydrogens (primary N) is 1. The summed E-state index contributed by atoms with van der Waals surface area (Å²) in [5.74, 6) is 1.64. The molecule has 0 unspecified atom stereocenters. The normalized spacial score (nSPS) is 16.9. The highest BCUT2D eigenvalue weighted by molar-refractivity contribution is 5.77. The first kappa shape index (κ1) is 12.8. The molecule has 2 heterocycles. The minimum atomic E-state index is -0.179. The summed E-state index contributed by atoms with van der Waals surface area (Å²) >= 11 is 0. The molecular formula is C13H20N4O. The van der Waals surface area contributed by atoms with Gasteiger partial charge in [0.2, 0.25) is 5.91 Å². The Bertz CT molecular complexity index is 464. The highest BCUT2D eigenvalue weighted by Gasteiger charge is 2.25. The summed E-state index contributed by atoms with van der Waals surface area (Å²) in [7, 11) is 0. The summed E-state index contributed by atoms with van der Waals surface area (Å²) in [6.45, 7) is 7.63. The van der Waals surface area contributed by atoms with Gasteiger partial charge in [-0.2, -0.15) is 0 Å². The molecule has 0 atom stereocenters. The van der Waals surface area contributed by atoms with Crippen molar-refractivity contribution in [2.75, 3.05) is 18.0 Å². The summed E-state index contributed by atoms with van der Waals surface area (Å²) in [5.41, 5.74) is 7.49. The van der Waals surface area contributed by atoms with Gasteiger partial charge in [-0.1, -0.05) is 0 Å². The minimum absolute atomic E-state index is 0.0191. The Labute approximate surface area is 107 Å². The van der Waals surface area contributed by atoms with Crippen LogP contribution in [0.25, 0.3) is 0 Å². The van der Waals surface area contributed by atoms with Crippen LogP contribution in [0.5, 0.6) is 0 Å². The fraction of sp³-hybridized carbons (Fsp3) is 0.615. The standard InChI is InChI=1S/C13H20N4O/c1-8-9(2)15-10(3)16-13(8)17-6-4-11(5-7-17)12(14)18/h11H,4-7H2,1-3H3,(H2,14,18). The van der Waals surface area contributed by atoms with Gasteiger partial charge < -0.3 is 10.6 Å². The van der Waals surface area contributed by atoms with Gasteiger partial charge in [0.15, 0.2) is 0 Å². The molecule has 5 nitrogen and oxygen atoms in total. The van der Waals surface area contributed by atoms with Crippen molar-refractivity contribution in [3.05, 3.63) is 17.1 Å². The molecular weight excluding hydrogens is 228 g/mol. The van der Waals surface area contributed by atoms with Crippen molar-refractivity contribution in [3.63, 3.8) is 0 Å². The molecule has 1 fully saturated rings. The number of hydrogen-bond donors (Lipinski definition) is 1. The summed E-state index contributed by atoms with van der Waals surface area (Å²) in [5, 5.41) is 0. The van der Waals surface area contributed by atoms with Crippen molar-refractivity contribution in [3.8, 4) is 0 Å². The number of primary amides is 1. The van der Waals surface area contributed by atoms with E-state index in [1.54, 1.807) is 0 Å². The topological polar surface area (TPSA) is 72.1 Å². The molecule has 0 saturated carbocycles. The maximum atomic E-state index is 11.2. The maximum Gasteiger partial charge on any atom is 0.220 e. The van der Waals surface area contributed by atoms with Crippen molar-refractivity contribution in [1.29, 1.82) is 0 Å². The average Bonchev–Trinajstić information content (AvgIpc) is 2.34. The number of aryl methyl sites for hydroxylation is 2. The van der Waals surface area contributed by atoms with Gasteiger partial charge in [0.1, 0.15) is 11.6 Å². The van der Waals surface area contributed by atoms with Crippen LogP contribution in [0.1, 0.15) is 29.9 Å². The first-order valence-corrected chi connectivity index (χ1v) is 6.35. The lowest BCUT2D eigenvalue weighted by molar-refractivity contribution is -0.122. The van der Waals surface area contributed by atoms with Crippen LogP contribution >= 0.6 is 0 Å². The Balaban J connectivity index is 2.17. The van der Waals surface area contributed by atoms with E-state index in [1.807, 2.05) is 20.8 Å². The second kappa shape index (κ2) is 4.92. The lowest BCUT2D eigenvalue weighted by Gasteiger charge is -2.32. The molecule has 1 aromatic rings. The van der Waals surface area contributed by atoms with Crippen molar-refractivity contribution in [2.24, 2.45) is 11.7 Å². The van der Waals surface area contributed by atoms with E-state index >= 15 is 0 Å². The van der Waals surface area contributed by atoms with Crippen molar-refractivity contribution in [2.45, 2.75) is 33.6 Å². The molecule has 1 saturated heterocycles. The summed E-state index contributed by atoms with van der Waals surface area (Å²) in [6, 6.07) is 0. The molecule has 98 valence electrons. The Morgan fingerprint density at radius 1 is 1.22 bits per heavy atom. The van der Waals surface area contributed by atoms with Crippen LogP contribution in [0, 0.1) is 26.7 Å². The van der Waals surface area contributed by atoms with Crippen LogP contribution in [-0.4, -0.2) is 29.0 Å². The third-order valence-corrected chi connectivity index (χ3v) is 3.67. The molecule has 18 heavy (non-hydrogen) atoms. The number of piperidine rings is 1. The molecule has 0 spiro atoms. The van der Waals surface area contributed by atoms with Crippen LogP contribution < -0.4 is 10.6 Å².